The van der Waals surface area contributed by atoms with Gasteiger partial charge in [-0.05, 0) is 48.5 Å². The first kappa shape index (κ1) is 20.7. The van der Waals surface area contributed by atoms with E-state index in [0.717, 1.165) is 22.0 Å². The molecule has 1 amide bonds. The summed E-state index contributed by atoms with van der Waals surface area (Å²) >= 11 is 6.26. The summed E-state index contributed by atoms with van der Waals surface area (Å²) in [6, 6.07) is 18.2. The van der Waals surface area contributed by atoms with Gasteiger partial charge in [-0.1, -0.05) is 23.7 Å². The van der Waals surface area contributed by atoms with E-state index in [9.17, 15) is 4.79 Å². The number of hydrogen-bond acceptors (Lipinski definition) is 6. The standard InChI is InChI=1S/C25H18ClN5O2/c26-18-7-8-22-20(12-18)24(31-23(29-22)17-4-3-10-27-14-17)30-21-6-2-1-5-19(21)25(32)28-13-16-9-11-33-15-16/h1-12,14-15H,13H2,(H,28,32)(H,29,30,31). The summed E-state index contributed by atoms with van der Waals surface area (Å²) in [7, 11) is 0. The molecule has 2 aromatic carbocycles. The zero-order valence-corrected chi connectivity index (χ0v) is 18.1. The Morgan fingerprint density at radius 3 is 2.76 bits per heavy atom. The van der Waals surface area contributed by atoms with Crippen LogP contribution in [0.25, 0.3) is 22.3 Å². The number of aromatic nitrogens is 3. The van der Waals surface area contributed by atoms with Gasteiger partial charge in [0.05, 0.1) is 29.3 Å². The Bertz CT molecular complexity index is 1420. The minimum atomic E-state index is -0.219. The molecular weight excluding hydrogens is 438 g/mol. The van der Waals surface area contributed by atoms with Crippen LogP contribution in [-0.2, 0) is 6.54 Å². The molecular formula is C25H18ClN5O2. The molecule has 0 aliphatic rings. The predicted molar refractivity (Wildman–Crippen MR) is 127 cm³/mol. The van der Waals surface area contributed by atoms with E-state index < -0.39 is 0 Å². The minimum Gasteiger partial charge on any atom is -0.472 e. The van der Waals surface area contributed by atoms with Crippen molar-refractivity contribution in [2.24, 2.45) is 0 Å². The highest BCUT2D eigenvalue weighted by Crippen LogP contribution is 2.30. The lowest BCUT2D eigenvalue weighted by Crippen LogP contribution is -2.23. The first-order valence-corrected chi connectivity index (χ1v) is 10.6. The van der Waals surface area contributed by atoms with Crippen molar-refractivity contribution in [2.45, 2.75) is 6.54 Å². The van der Waals surface area contributed by atoms with Gasteiger partial charge in [-0.3, -0.25) is 9.78 Å². The van der Waals surface area contributed by atoms with Gasteiger partial charge in [-0.2, -0.15) is 0 Å². The van der Waals surface area contributed by atoms with Crippen LogP contribution in [0.2, 0.25) is 5.02 Å². The van der Waals surface area contributed by atoms with Crippen LogP contribution in [0.4, 0.5) is 11.5 Å². The highest BCUT2D eigenvalue weighted by Gasteiger charge is 2.15. The van der Waals surface area contributed by atoms with E-state index in [2.05, 4.69) is 20.6 Å². The number of furan rings is 1. The third-order valence-electron chi connectivity index (χ3n) is 5.04. The van der Waals surface area contributed by atoms with E-state index in [0.29, 0.717) is 34.5 Å². The molecule has 0 radical (unpaired) electrons. The number of halogens is 1. The molecule has 0 saturated carbocycles. The Balaban J connectivity index is 1.52. The fourth-order valence-corrected chi connectivity index (χ4v) is 3.58. The van der Waals surface area contributed by atoms with Gasteiger partial charge < -0.3 is 15.1 Å². The maximum absolute atomic E-state index is 12.9. The molecule has 7 nitrogen and oxygen atoms in total. The van der Waals surface area contributed by atoms with Gasteiger partial charge in [0.1, 0.15) is 5.82 Å². The third-order valence-corrected chi connectivity index (χ3v) is 5.27. The zero-order valence-electron chi connectivity index (χ0n) is 17.3. The van der Waals surface area contributed by atoms with Crippen molar-refractivity contribution in [3.8, 4) is 11.4 Å². The summed E-state index contributed by atoms with van der Waals surface area (Å²) in [5.74, 6) is 0.835. The van der Waals surface area contributed by atoms with Gasteiger partial charge >= 0.3 is 0 Å². The van der Waals surface area contributed by atoms with Crippen molar-refractivity contribution < 1.29 is 9.21 Å². The van der Waals surface area contributed by atoms with E-state index in [1.54, 1.807) is 49.2 Å². The van der Waals surface area contributed by atoms with Crippen LogP contribution < -0.4 is 10.6 Å². The van der Waals surface area contributed by atoms with Crippen LogP contribution in [-0.4, -0.2) is 20.9 Å². The molecule has 3 heterocycles. The average Bonchev–Trinajstić information content (AvgIpc) is 3.37. The number of amides is 1. The lowest BCUT2D eigenvalue weighted by atomic mass is 10.1. The highest BCUT2D eigenvalue weighted by atomic mass is 35.5. The number of fused-ring (bicyclic) bond motifs is 1. The van der Waals surface area contributed by atoms with E-state index in [4.69, 9.17) is 21.0 Å². The molecule has 162 valence electrons. The van der Waals surface area contributed by atoms with Crippen LogP contribution in [0.15, 0.2) is 90.0 Å². The molecule has 0 aliphatic carbocycles. The third kappa shape index (κ3) is 4.53. The number of benzene rings is 2. The second-order valence-electron chi connectivity index (χ2n) is 7.28. The molecule has 3 aromatic heterocycles. The number of carbonyl (C=O) groups excluding carboxylic acids is 1. The second-order valence-corrected chi connectivity index (χ2v) is 7.72. The fraction of sp³-hybridized carbons (Fsp3) is 0.0400. The summed E-state index contributed by atoms with van der Waals surface area (Å²) in [5, 5.41) is 7.53. The molecule has 5 aromatic rings. The van der Waals surface area contributed by atoms with E-state index in [1.807, 2.05) is 36.4 Å². The van der Waals surface area contributed by atoms with Crippen molar-refractivity contribution in [1.82, 2.24) is 20.3 Å². The SMILES string of the molecule is O=C(NCc1ccoc1)c1ccccc1Nc1nc(-c2cccnc2)nc2ccc(Cl)cc12. The van der Waals surface area contributed by atoms with Gasteiger partial charge in [0.25, 0.3) is 5.91 Å². The lowest BCUT2D eigenvalue weighted by Gasteiger charge is -2.14. The molecule has 5 rings (SSSR count). The van der Waals surface area contributed by atoms with Gasteiger partial charge in [-0.25, -0.2) is 9.97 Å². The molecule has 0 spiro atoms. The number of nitrogens with zero attached hydrogens (tertiary/aromatic N) is 3. The van der Waals surface area contributed by atoms with Crippen molar-refractivity contribution in [1.29, 1.82) is 0 Å². The van der Waals surface area contributed by atoms with Crippen molar-refractivity contribution in [2.75, 3.05) is 5.32 Å². The number of anilines is 2. The first-order chi connectivity index (χ1) is 16.2. The molecule has 8 heteroatoms. The van der Waals surface area contributed by atoms with Crippen LogP contribution in [0, 0.1) is 0 Å². The van der Waals surface area contributed by atoms with E-state index in [1.165, 1.54) is 0 Å². The van der Waals surface area contributed by atoms with Crippen LogP contribution in [0.3, 0.4) is 0 Å². The smallest absolute Gasteiger partial charge is 0.253 e. The summed E-state index contributed by atoms with van der Waals surface area (Å²) in [4.78, 5) is 26.5. The maximum Gasteiger partial charge on any atom is 0.253 e. The summed E-state index contributed by atoms with van der Waals surface area (Å²) in [5.41, 5.74) is 3.48. The number of para-hydroxylation sites is 1. The number of carbonyl (C=O) groups is 1. The minimum absolute atomic E-state index is 0.219. The summed E-state index contributed by atoms with van der Waals surface area (Å²) in [6.07, 6.45) is 6.57. The molecule has 0 saturated heterocycles. The number of hydrogen-bond donors (Lipinski definition) is 2. The fourth-order valence-electron chi connectivity index (χ4n) is 3.41. The molecule has 2 N–H and O–H groups in total. The highest BCUT2D eigenvalue weighted by molar-refractivity contribution is 6.31. The molecule has 0 atom stereocenters. The van der Waals surface area contributed by atoms with Crippen LogP contribution in [0.5, 0.6) is 0 Å². The first-order valence-electron chi connectivity index (χ1n) is 10.2. The Hall–Kier alpha value is -4.23. The van der Waals surface area contributed by atoms with Gasteiger partial charge in [-0.15, -0.1) is 0 Å². The van der Waals surface area contributed by atoms with E-state index >= 15 is 0 Å². The van der Waals surface area contributed by atoms with Gasteiger partial charge in [0.15, 0.2) is 5.82 Å². The Morgan fingerprint density at radius 1 is 1.03 bits per heavy atom. The molecule has 0 bridgehead atoms. The molecule has 33 heavy (non-hydrogen) atoms. The quantitative estimate of drug-likeness (QED) is 0.345. The largest absolute Gasteiger partial charge is 0.472 e. The van der Waals surface area contributed by atoms with Gasteiger partial charge in [0.2, 0.25) is 0 Å². The molecule has 0 unspecified atom stereocenters. The van der Waals surface area contributed by atoms with Crippen molar-refractivity contribution >= 4 is 39.9 Å². The van der Waals surface area contributed by atoms with Crippen molar-refractivity contribution in [3.05, 3.63) is 102 Å². The Morgan fingerprint density at radius 2 is 1.94 bits per heavy atom. The normalized spacial score (nSPS) is 10.8. The van der Waals surface area contributed by atoms with Crippen molar-refractivity contribution in [3.63, 3.8) is 0 Å². The lowest BCUT2D eigenvalue weighted by molar-refractivity contribution is 0.0951. The Labute approximate surface area is 194 Å². The predicted octanol–water partition coefficient (Wildman–Crippen LogP) is 5.61. The monoisotopic (exact) mass is 455 g/mol. The topological polar surface area (TPSA) is 92.9 Å². The van der Waals surface area contributed by atoms with Crippen LogP contribution >= 0.6 is 11.6 Å². The summed E-state index contributed by atoms with van der Waals surface area (Å²) in [6.45, 7) is 0.362. The molecule has 0 aliphatic heterocycles. The Kier molecular flexibility index (Phi) is 5.70. The number of pyridine rings is 1. The zero-order chi connectivity index (χ0) is 22.6. The molecule has 0 fully saturated rings. The maximum atomic E-state index is 12.9. The number of rotatable bonds is 6. The number of nitrogens with one attached hydrogen (secondary N) is 2. The van der Waals surface area contributed by atoms with E-state index in [-0.39, 0.29) is 5.91 Å². The summed E-state index contributed by atoms with van der Waals surface area (Å²) < 4.78 is 5.06. The second kappa shape index (κ2) is 9.10. The van der Waals surface area contributed by atoms with Crippen LogP contribution in [0.1, 0.15) is 15.9 Å². The average molecular weight is 456 g/mol. The van der Waals surface area contributed by atoms with Gasteiger partial charge in [0, 0.05) is 40.5 Å².